The van der Waals surface area contributed by atoms with Crippen LogP contribution in [0.2, 0.25) is 0 Å². The van der Waals surface area contributed by atoms with Crippen molar-refractivity contribution in [2.45, 2.75) is 15.2 Å². The molecule has 3 heteroatoms. The van der Waals surface area contributed by atoms with Crippen molar-refractivity contribution in [2.75, 3.05) is 4.90 Å². The van der Waals surface area contributed by atoms with Crippen LogP contribution in [0.4, 0.5) is 17.1 Å². The van der Waals surface area contributed by atoms with Crippen LogP contribution in [0.15, 0.2) is 214 Å². The van der Waals surface area contributed by atoms with E-state index in [1.54, 1.807) is 0 Å². The van der Waals surface area contributed by atoms with Crippen molar-refractivity contribution < 1.29 is 4.42 Å². The molecule has 12 rings (SSSR count). The molecule has 0 radical (unpaired) electrons. The van der Waals surface area contributed by atoms with E-state index in [-0.39, 0.29) is 0 Å². The van der Waals surface area contributed by atoms with Gasteiger partial charge in [0.1, 0.15) is 11.2 Å². The number of hydrogen-bond acceptors (Lipinski definition) is 3. The number of anilines is 3. The minimum Gasteiger partial charge on any atom is -0.455 e. The molecular weight excluding hydrogens is 699 g/mol. The first-order valence-electron chi connectivity index (χ1n) is 19.2. The van der Waals surface area contributed by atoms with Gasteiger partial charge in [0, 0.05) is 43.2 Å². The van der Waals surface area contributed by atoms with Crippen molar-refractivity contribution in [1.82, 2.24) is 0 Å². The van der Waals surface area contributed by atoms with Crippen molar-refractivity contribution in [3.63, 3.8) is 0 Å². The predicted octanol–water partition coefficient (Wildman–Crippen LogP) is 14.7. The molecule has 0 bridgehead atoms. The molecule has 1 unspecified atom stereocenters. The molecule has 1 spiro atoms. The van der Waals surface area contributed by atoms with Gasteiger partial charge >= 0.3 is 0 Å². The summed E-state index contributed by atoms with van der Waals surface area (Å²) in [7, 11) is 0. The SMILES string of the molecule is c1ccc(N(c2ccc(-c3cccc4c3oc3ccccc34)cc2)c2ccc3c(c2)-c2ccccc2C32c3ccccc3Sc3ccc4ccccc4c32)cc1. The standard InChI is InChI=1S/C53H33NOS/c1-2-14-36(15-3-1)54(37-28-25-35(26-29-37)40-19-12-20-43-42-18-7-10-23-48(42)55-52(40)43)38-30-31-46-44(33-38)41-17-6-8-21-45(41)53(46)47-22-9-11-24-49(47)56-50-32-27-34-13-4-5-16-39(34)51(50)53/h1-33H. The van der Waals surface area contributed by atoms with E-state index in [2.05, 4.69) is 193 Å². The van der Waals surface area contributed by atoms with E-state index < -0.39 is 5.41 Å². The van der Waals surface area contributed by atoms with Crippen molar-refractivity contribution in [1.29, 1.82) is 0 Å². The summed E-state index contributed by atoms with van der Waals surface area (Å²) in [4.78, 5) is 5.01. The van der Waals surface area contributed by atoms with Gasteiger partial charge in [0.15, 0.2) is 0 Å². The number of rotatable bonds is 4. The third-order valence-corrected chi connectivity index (χ3v) is 13.1. The molecule has 56 heavy (non-hydrogen) atoms. The monoisotopic (exact) mass is 731 g/mol. The van der Waals surface area contributed by atoms with Crippen LogP contribution in [0.25, 0.3) is 55.0 Å². The second-order valence-corrected chi connectivity index (χ2v) is 15.9. The second-order valence-electron chi connectivity index (χ2n) is 14.8. The summed E-state index contributed by atoms with van der Waals surface area (Å²) in [6.07, 6.45) is 0. The fourth-order valence-electron chi connectivity index (χ4n) is 9.60. The Labute approximate surface area is 329 Å². The molecule has 1 aliphatic carbocycles. The summed E-state index contributed by atoms with van der Waals surface area (Å²) in [5.41, 5.74) is 14.9. The quantitative estimate of drug-likeness (QED) is 0.179. The summed E-state index contributed by atoms with van der Waals surface area (Å²) >= 11 is 1.90. The van der Waals surface area contributed by atoms with Crippen LogP contribution in [0, 0.1) is 0 Å². The summed E-state index contributed by atoms with van der Waals surface area (Å²) in [6.45, 7) is 0. The molecule has 9 aromatic carbocycles. The van der Waals surface area contributed by atoms with E-state index >= 15 is 0 Å². The third kappa shape index (κ3) is 4.40. The Bertz CT molecular complexity index is 3180. The maximum Gasteiger partial charge on any atom is 0.143 e. The van der Waals surface area contributed by atoms with Crippen LogP contribution in [0.5, 0.6) is 0 Å². The van der Waals surface area contributed by atoms with Gasteiger partial charge in [-0.2, -0.15) is 0 Å². The lowest BCUT2D eigenvalue weighted by atomic mass is 9.66. The molecule has 262 valence electrons. The molecule has 2 heterocycles. The molecule has 2 nitrogen and oxygen atoms in total. The first-order chi connectivity index (χ1) is 27.8. The highest BCUT2D eigenvalue weighted by Crippen LogP contribution is 2.63. The zero-order chi connectivity index (χ0) is 36.8. The minimum atomic E-state index is -0.459. The van der Waals surface area contributed by atoms with E-state index in [1.807, 2.05) is 23.9 Å². The van der Waals surface area contributed by atoms with Crippen LogP contribution >= 0.6 is 11.8 Å². The van der Waals surface area contributed by atoms with Crippen LogP contribution < -0.4 is 4.90 Å². The number of furan rings is 1. The van der Waals surface area contributed by atoms with Gasteiger partial charge in [-0.25, -0.2) is 0 Å². The van der Waals surface area contributed by atoms with E-state index in [4.69, 9.17) is 4.42 Å². The molecule has 1 aromatic heterocycles. The molecule has 1 aliphatic heterocycles. The molecule has 0 amide bonds. The maximum atomic E-state index is 6.43. The summed E-state index contributed by atoms with van der Waals surface area (Å²) in [5.74, 6) is 0. The Morgan fingerprint density at radius 1 is 0.411 bits per heavy atom. The van der Waals surface area contributed by atoms with Crippen molar-refractivity contribution in [3.05, 3.63) is 222 Å². The third-order valence-electron chi connectivity index (χ3n) is 11.9. The van der Waals surface area contributed by atoms with Gasteiger partial charge in [-0.1, -0.05) is 157 Å². The topological polar surface area (TPSA) is 16.4 Å². The number of fused-ring (bicyclic) bond motifs is 14. The minimum absolute atomic E-state index is 0.459. The molecular formula is C53H33NOS. The molecule has 10 aromatic rings. The first kappa shape index (κ1) is 31.5. The number of para-hydroxylation sites is 3. The largest absolute Gasteiger partial charge is 0.455 e. The number of benzene rings is 9. The van der Waals surface area contributed by atoms with E-state index in [9.17, 15) is 0 Å². The average molecular weight is 732 g/mol. The zero-order valence-electron chi connectivity index (χ0n) is 30.3. The molecule has 2 aliphatic rings. The van der Waals surface area contributed by atoms with Crippen molar-refractivity contribution >= 4 is 61.5 Å². The smallest absolute Gasteiger partial charge is 0.143 e. The molecule has 0 saturated heterocycles. The zero-order valence-corrected chi connectivity index (χ0v) is 31.1. The highest BCUT2D eigenvalue weighted by Gasteiger charge is 2.51. The van der Waals surface area contributed by atoms with Gasteiger partial charge in [-0.05, 0) is 104 Å². The van der Waals surface area contributed by atoms with Crippen LogP contribution in [-0.2, 0) is 5.41 Å². The van der Waals surface area contributed by atoms with E-state index in [0.717, 1.165) is 50.1 Å². The van der Waals surface area contributed by atoms with Gasteiger partial charge < -0.3 is 9.32 Å². The van der Waals surface area contributed by atoms with Crippen LogP contribution in [0.1, 0.15) is 22.3 Å². The molecule has 0 N–H and O–H groups in total. The Morgan fingerprint density at radius 3 is 1.96 bits per heavy atom. The van der Waals surface area contributed by atoms with Gasteiger partial charge in [0.2, 0.25) is 0 Å². The van der Waals surface area contributed by atoms with Gasteiger partial charge in [-0.15, -0.1) is 0 Å². The summed E-state index contributed by atoms with van der Waals surface area (Å²) in [5, 5.41) is 4.86. The van der Waals surface area contributed by atoms with Gasteiger partial charge in [0.25, 0.3) is 0 Å². The second kappa shape index (κ2) is 12.1. The lowest BCUT2D eigenvalue weighted by Gasteiger charge is -2.40. The van der Waals surface area contributed by atoms with Crippen LogP contribution in [0.3, 0.4) is 0 Å². The Balaban J connectivity index is 1.05. The fraction of sp³-hybridized carbons (Fsp3) is 0.0189. The normalized spacial score (nSPS) is 15.1. The first-order valence-corrected chi connectivity index (χ1v) is 20.0. The lowest BCUT2D eigenvalue weighted by molar-refractivity contribution is 0.670. The summed E-state index contributed by atoms with van der Waals surface area (Å²) in [6, 6.07) is 73.2. The Kier molecular flexibility index (Phi) is 6.81. The highest BCUT2D eigenvalue weighted by atomic mass is 32.2. The maximum absolute atomic E-state index is 6.43. The van der Waals surface area contributed by atoms with Crippen molar-refractivity contribution in [2.24, 2.45) is 0 Å². The van der Waals surface area contributed by atoms with Crippen LogP contribution in [-0.4, -0.2) is 0 Å². The van der Waals surface area contributed by atoms with E-state index in [0.29, 0.717) is 0 Å². The highest BCUT2D eigenvalue weighted by molar-refractivity contribution is 7.99. The molecule has 0 saturated carbocycles. The number of hydrogen-bond donors (Lipinski definition) is 0. The Morgan fingerprint density at radius 2 is 1.07 bits per heavy atom. The molecule has 1 atom stereocenters. The average Bonchev–Trinajstić information content (AvgIpc) is 3.78. The number of nitrogens with zero attached hydrogens (tertiary/aromatic N) is 1. The van der Waals surface area contributed by atoms with Gasteiger partial charge in [0.05, 0.1) is 5.41 Å². The summed E-state index contributed by atoms with van der Waals surface area (Å²) < 4.78 is 6.43. The van der Waals surface area contributed by atoms with Crippen molar-refractivity contribution in [3.8, 4) is 22.3 Å². The van der Waals surface area contributed by atoms with E-state index in [1.165, 1.54) is 53.9 Å². The molecule has 0 fully saturated rings. The fourth-order valence-corrected chi connectivity index (χ4v) is 10.8. The van der Waals surface area contributed by atoms with Gasteiger partial charge in [-0.3, -0.25) is 0 Å². The Hall–Kier alpha value is -6.81. The lowest BCUT2D eigenvalue weighted by Crippen LogP contribution is -2.32. The predicted molar refractivity (Wildman–Crippen MR) is 233 cm³/mol.